The molecule has 0 amide bonds. The lowest BCUT2D eigenvalue weighted by atomic mass is 10.2. The van der Waals surface area contributed by atoms with Crippen LogP contribution < -0.4 is 10.6 Å². The summed E-state index contributed by atoms with van der Waals surface area (Å²) in [6.45, 7) is 7.61. The van der Waals surface area contributed by atoms with Gasteiger partial charge in [-0.1, -0.05) is 0 Å². The summed E-state index contributed by atoms with van der Waals surface area (Å²) in [5.41, 5.74) is 0. The number of nitrogens with zero attached hydrogens (tertiary/aromatic N) is 4. The molecule has 0 radical (unpaired) electrons. The first kappa shape index (κ1) is 18.1. The largest absolute Gasteiger partial charge is 0.379 e. The average molecular weight is 350 g/mol. The Balaban J connectivity index is 1.42. The van der Waals surface area contributed by atoms with Crippen LogP contribution in [0.15, 0.2) is 4.99 Å². The zero-order valence-electron chi connectivity index (χ0n) is 15.2. The van der Waals surface area contributed by atoms with E-state index in [4.69, 9.17) is 9.47 Å². The highest BCUT2D eigenvalue weighted by Gasteiger charge is 2.16. The Bertz CT molecular complexity index is 553. The zero-order chi connectivity index (χ0) is 17.3. The summed E-state index contributed by atoms with van der Waals surface area (Å²) in [6.07, 6.45) is 5.68. The van der Waals surface area contributed by atoms with Crippen LogP contribution in [0.4, 0.5) is 0 Å². The zero-order valence-corrected chi connectivity index (χ0v) is 15.2. The first-order valence-electron chi connectivity index (χ1n) is 9.49. The molecule has 2 aliphatic rings. The van der Waals surface area contributed by atoms with Crippen molar-refractivity contribution >= 4 is 5.96 Å². The highest BCUT2D eigenvalue weighted by molar-refractivity contribution is 5.79. The van der Waals surface area contributed by atoms with E-state index < -0.39 is 0 Å². The van der Waals surface area contributed by atoms with E-state index in [2.05, 4.69) is 37.3 Å². The predicted molar refractivity (Wildman–Crippen MR) is 95.6 cm³/mol. The molecule has 2 aliphatic heterocycles. The smallest absolute Gasteiger partial charge is 0.191 e. The van der Waals surface area contributed by atoms with Gasteiger partial charge >= 0.3 is 0 Å². The monoisotopic (exact) mass is 350 g/mol. The normalized spacial score (nSPS) is 20.5. The van der Waals surface area contributed by atoms with Crippen LogP contribution in [0.2, 0.25) is 0 Å². The van der Waals surface area contributed by atoms with Gasteiger partial charge in [0, 0.05) is 39.3 Å². The van der Waals surface area contributed by atoms with Crippen LogP contribution in [0.25, 0.3) is 0 Å². The number of fused-ring (bicyclic) bond motifs is 1. The molecular formula is C17H30N6O2. The van der Waals surface area contributed by atoms with Crippen LogP contribution in [0, 0.1) is 0 Å². The SMILES string of the molecule is CCNC(=NCc1nnc2n1CCCC2)NCCCOC1CCOC1. The molecule has 0 aliphatic carbocycles. The molecule has 1 fully saturated rings. The third kappa shape index (κ3) is 5.40. The maximum absolute atomic E-state index is 5.78. The summed E-state index contributed by atoms with van der Waals surface area (Å²) in [4.78, 5) is 4.65. The molecule has 1 saturated heterocycles. The van der Waals surface area contributed by atoms with E-state index in [1.54, 1.807) is 0 Å². The molecule has 2 N–H and O–H groups in total. The number of ether oxygens (including phenoxy) is 2. The summed E-state index contributed by atoms with van der Waals surface area (Å²) >= 11 is 0. The highest BCUT2D eigenvalue weighted by atomic mass is 16.5. The Kier molecular flexibility index (Phi) is 7.05. The minimum Gasteiger partial charge on any atom is -0.379 e. The molecule has 1 atom stereocenters. The van der Waals surface area contributed by atoms with Crippen LogP contribution in [0.5, 0.6) is 0 Å². The maximum Gasteiger partial charge on any atom is 0.191 e. The van der Waals surface area contributed by atoms with E-state index in [0.717, 1.165) is 76.3 Å². The first-order chi connectivity index (χ1) is 12.4. The Labute approximate surface area is 149 Å². The Morgan fingerprint density at radius 3 is 3.16 bits per heavy atom. The molecular weight excluding hydrogens is 320 g/mol. The fourth-order valence-corrected chi connectivity index (χ4v) is 3.15. The summed E-state index contributed by atoms with van der Waals surface area (Å²) in [7, 11) is 0. The van der Waals surface area contributed by atoms with Gasteiger partial charge in [0.05, 0.1) is 12.7 Å². The van der Waals surface area contributed by atoms with Gasteiger partial charge in [0.2, 0.25) is 0 Å². The topological polar surface area (TPSA) is 85.6 Å². The van der Waals surface area contributed by atoms with E-state index in [1.165, 1.54) is 12.8 Å². The molecule has 3 heterocycles. The predicted octanol–water partition coefficient (Wildman–Crippen LogP) is 0.865. The van der Waals surface area contributed by atoms with Gasteiger partial charge in [0.25, 0.3) is 0 Å². The number of hydrogen-bond acceptors (Lipinski definition) is 5. The number of aliphatic imine (C=N–C) groups is 1. The molecule has 0 aromatic carbocycles. The lowest BCUT2D eigenvalue weighted by molar-refractivity contribution is 0.0420. The van der Waals surface area contributed by atoms with Gasteiger partial charge in [-0.2, -0.15) is 0 Å². The number of guanidine groups is 1. The molecule has 0 bridgehead atoms. The lowest BCUT2D eigenvalue weighted by Crippen LogP contribution is -2.38. The molecule has 140 valence electrons. The molecule has 8 nitrogen and oxygen atoms in total. The second kappa shape index (κ2) is 9.72. The van der Waals surface area contributed by atoms with Crippen LogP contribution in [-0.2, 0) is 29.0 Å². The van der Waals surface area contributed by atoms with E-state index in [0.29, 0.717) is 6.54 Å². The van der Waals surface area contributed by atoms with Gasteiger partial charge in [-0.15, -0.1) is 10.2 Å². The van der Waals surface area contributed by atoms with Crippen molar-refractivity contribution in [1.82, 2.24) is 25.4 Å². The third-order valence-corrected chi connectivity index (χ3v) is 4.51. The molecule has 8 heteroatoms. The fourth-order valence-electron chi connectivity index (χ4n) is 3.15. The molecule has 1 unspecified atom stereocenters. The van der Waals surface area contributed by atoms with Gasteiger partial charge in [-0.25, -0.2) is 4.99 Å². The van der Waals surface area contributed by atoms with E-state index in [1.807, 2.05) is 0 Å². The van der Waals surface area contributed by atoms with Crippen molar-refractivity contribution < 1.29 is 9.47 Å². The third-order valence-electron chi connectivity index (χ3n) is 4.51. The average Bonchev–Trinajstić information content (AvgIpc) is 3.29. The van der Waals surface area contributed by atoms with Crippen molar-refractivity contribution in [3.8, 4) is 0 Å². The second-order valence-corrected chi connectivity index (χ2v) is 6.47. The Morgan fingerprint density at radius 2 is 2.32 bits per heavy atom. The first-order valence-corrected chi connectivity index (χ1v) is 9.49. The summed E-state index contributed by atoms with van der Waals surface area (Å²) in [5.74, 6) is 2.87. The van der Waals surface area contributed by atoms with Crippen molar-refractivity contribution in [3.05, 3.63) is 11.6 Å². The van der Waals surface area contributed by atoms with Gasteiger partial charge in [-0.05, 0) is 32.6 Å². The van der Waals surface area contributed by atoms with Crippen molar-refractivity contribution in [2.75, 3.05) is 32.9 Å². The number of aryl methyl sites for hydroxylation is 1. The standard InChI is InChI=1S/C17H30N6O2/c1-2-18-17(19-8-5-10-25-14-7-11-24-13-14)20-12-16-22-21-15-6-3-4-9-23(15)16/h14H,2-13H2,1H3,(H2,18,19,20). The fraction of sp³-hybridized carbons (Fsp3) is 0.824. The van der Waals surface area contributed by atoms with Crippen LogP contribution in [-0.4, -0.2) is 59.7 Å². The van der Waals surface area contributed by atoms with E-state index in [-0.39, 0.29) is 6.10 Å². The minimum atomic E-state index is 0.279. The van der Waals surface area contributed by atoms with E-state index >= 15 is 0 Å². The number of aromatic nitrogens is 3. The molecule has 1 aromatic heterocycles. The van der Waals surface area contributed by atoms with Gasteiger partial charge in [0.1, 0.15) is 12.4 Å². The van der Waals surface area contributed by atoms with E-state index in [9.17, 15) is 0 Å². The quantitative estimate of drug-likeness (QED) is 0.411. The van der Waals surface area contributed by atoms with Gasteiger partial charge in [0.15, 0.2) is 11.8 Å². The molecule has 0 spiro atoms. The summed E-state index contributed by atoms with van der Waals surface area (Å²) < 4.78 is 13.3. The Hall–Kier alpha value is -1.67. The molecule has 25 heavy (non-hydrogen) atoms. The number of nitrogens with one attached hydrogen (secondary N) is 2. The molecule has 1 aromatic rings. The number of rotatable bonds is 8. The van der Waals surface area contributed by atoms with Crippen LogP contribution in [0.3, 0.4) is 0 Å². The van der Waals surface area contributed by atoms with Crippen molar-refractivity contribution in [2.45, 2.75) is 58.2 Å². The van der Waals surface area contributed by atoms with Crippen molar-refractivity contribution in [1.29, 1.82) is 0 Å². The maximum atomic E-state index is 5.78. The minimum absolute atomic E-state index is 0.279. The van der Waals surface area contributed by atoms with Crippen molar-refractivity contribution in [2.24, 2.45) is 4.99 Å². The lowest BCUT2D eigenvalue weighted by Gasteiger charge is -2.15. The van der Waals surface area contributed by atoms with Crippen LogP contribution >= 0.6 is 0 Å². The molecule has 0 saturated carbocycles. The van der Waals surface area contributed by atoms with Crippen molar-refractivity contribution in [3.63, 3.8) is 0 Å². The number of hydrogen-bond donors (Lipinski definition) is 2. The van der Waals surface area contributed by atoms with Gasteiger partial charge < -0.3 is 24.7 Å². The van der Waals surface area contributed by atoms with Gasteiger partial charge in [-0.3, -0.25) is 0 Å². The summed E-state index contributed by atoms with van der Waals surface area (Å²) in [6, 6.07) is 0. The molecule has 3 rings (SSSR count). The highest BCUT2D eigenvalue weighted by Crippen LogP contribution is 2.14. The Morgan fingerprint density at radius 1 is 1.36 bits per heavy atom. The summed E-state index contributed by atoms with van der Waals surface area (Å²) in [5, 5.41) is 15.2. The second-order valence-electron chi connectivity index (χ2n) is 6.47. The van der Waals surface area contributed by atoms with Crippen LogP contribution in [0.1, 0.15) is 44.3 Å².